The number of aromatic nitrogens is 4. The van der Waals surface area contributed by atoms with Crippen LogP contribution < -0.4 is 5.32 Å². The first-order valence-corrected chi connectivity index (χ1v) is 6.93. The standard InChI is InChI=1S/C13H27N5/c1-9(2)7-11(5)18-13(15-16-17-18)12(6)14-8-10(3)4/h9-12,14H,7-8H2,1-6H3. The summed E-state index contributed by atoms with van der Waals surface area (Å²) in [6.07, 6.45) is 1.09. The Hall–Kier alpha value is -0.970. The lowest BCUT2D eigenvalue weighted by Gasteiger charge is -2.19. The van der Waals surface area contributed by atoms with Crippen molar-refractivity contribution in [3.8, 4) is 0 Å². The summed E-state index contributed by atoms with van der Waals surface area (Å²) in [4.78, 5) is 0. The average Bonchev–Trinajstić information content (AvgIpc) is 2.73. The molecule has 0 aromatic carbocycles. The molecule has 1 heterocycles. The number of tetrazole rings is 1. The van der Waals surface area contributed by atoms with Crippen LogP contribution in [0.5, 0.6) is 0 Å². The number of rotatable bonds is 7. The van der Waals surface area contributed by atoms with Gasteiger partial charge in [0.25, 0.3) is 0 Å². The van der Waals surface area contributed by atoms with Gasteiger partial charge in [0.05, 0.1) is 12.1 Å². The molecular formula is C13H27N5. The molecule has 5 heteroatoms. The lowest BCUT2D eigenvalue weighted by atomic mass is 10.1. The van der Waals surface area contributed by atoms with Crippen molar-refractivity contribution in [1.82, 2.24) is 25.5 Å². The topological polar surface area (TPSA) is 55.6 Å². The first kappa shape index (κ1) is 15.1. The van der Waals surface area contributed by atoms with Crippen LogP contribution in [0, 0.1) is 11.8 Å². The molecular weight excluding hydrogens is 226 g/mol. The summed E-state index contributed by atoms with van der Waals surface area (Å²) in [7, 11) is 0. The smallest absolute Gasteiger partial charge is 0.168 e. The van der Waals surface area contributed by atoms with Crippen molar-refractivity contribution in [2.75, 3.05) is 6.54 Å². The molecule has 0 aliphatic heterocycles. The lowest BCUT2D eigenvalue weighted by molar-refractivity contribution is 0.363. The summed E-state index contributed by atoms with van der Waals surface area (Å²) < 4.78 is 1.96. The highest BCUT2D eigenvalue weighted by Gasteiger charge is 2.18. The second kappa shape index (κ2) is 6.83. The van der Waals surface area contributed by atoms with E-state index in [4.69, 9.17) is 0 Å². The lowest BCUT2D eigenvalue weighted by Crippen LogP contribution is -2.27. The van der Waals surface area contributed by atoms with E-state index >= 15 is 0 Å². The van der Waals surface area contributed by atoms with Gasteiger partial charge in [-0.3, -0.25) is 0 Å². The van der Waals surface area contributed by atoms with Gasteiger partial charge in [-0.15, -0.1) is 5.10 Å². The maximum Gasteiger partial charge on any atom is 0.168 e. The van der Waals surface area contributed by atoms with E-state index in [1.165, 1.54) is 0 Å². The van der Waals surface area contributed by atoms with Gasteiger partial charge in [-0.05, 0) is 49.1 Å². The average molecular weight is 253 g/mol. The van der Waals surface area contributed by atoms with E-state index in [0.29, 0.717) is 17.9 Å². The fraction of sp³-hybridized carbons (Fsp3) is 0.923. The number of nitrogens with zero attached hydrogens (tertiary/aromatic N) is 4. The van der Waals surface area contributed by atoms with Crippen molar-refractivity contribution in [3.05, 3.63) is 5.82 Å². The molecule has 0 fully saturated rings. The predicted molar refractivity (Wildman–Crippen MR) is 73.2 cm³/mol. The molecule has 0 aliphatic carbocycles. The van der Waals surface area contributed by atoms with Gasteiger partial charge in [0.2, 0.25) is 0 Å². The molecule has 0 aliphatic rings. The van der Waals surface area contributed by atoms with Crippen molar-refractivity contribution >= 4 is 0 Å². The van der Waals surface area contributed by atoms with Crippen molar-refractivity contribution in [3.63, 3.8) is 0 Å². The van der Waals surface area contributed by atoms with Crippen molar-refractivity contribution in [1.29, 1.82) is 0 Å². The molecule has 1 aromatic rings. The van der Waals surface area contributed by atoms with E-state index < -0.39 is 0 Å². The Bertz CT molecular complexity index is 345. The monoisotopic (exact) mass is 253 g/mol. The minimum absolute atomic E-state index is 0.192. The SMILES string of the molecule is CC(C)CNC(C)c1nnnn1C(C)CC(C)C. The van der Waals surface area contributed by atoms with Crippen LogP contribution in [0.4, 0.5) is 0 Å². The van der Waals surface area contributed by atoms with Crippen molar-refractivity contribution in [2.45, 2.75) is 60.0 Å². The van der Waals surface area contributed by atoms with E-state index in [-0.39, 0.29) is 6.04 Å². The third kappa shape index (κ3) is 4.37. The van der Waals surface area contributed by atoms with Gasteiger partial charge < -0.3 is 5.32 Å². The van der Waals surface area contributed by atoms with Gasteiger partial charge >= 0.3 is 0 Å². The Morgan fingerprint density at radius 1 is 1.06 bits per heavy atom. The fourth-order valence-corrected chi connectivity index (χ4v) is 2.09. The molecule has 2 atom stereocenters. The minimum atomic E-state index is 0.192. The van der Waals surface area contributed by atoms with Crippen LogP contribution in [-0.2, 0) is 0 Å². The summed E-state index contributed by atoms with van der Waals surface area (Å²) in [6, 6.07) is 0.537. The van der Waals surface area contributed by atoms with E-state index in [1.54, 1.807) is 0 Å². The molecule has 0 bridgehead atoms. The molecule has 0 saturated carbocycles. The molecule has 1 rings (SSSR count). The van der Waals surface area contributed by atoms with Crippen LogP contribution >= 0.6 is 0 Å². The zero-order valence-electron chi connectivity index (χ0n) is 12.5. The quantitative estimate of drug-likeness (QED) is 0.811. The first-order chi connectivity index (χ1) is 8.41. The second-order valence-corrected chi connectivity index (χ2v) is 5.98. The Morgan fingerprint density at radius 3 is 2.28 bits per heavy atom. The highest BCUT2D eigenvalue weighted by molar-refractivity contribution is 4.91. The highest BCUT2D eigenvalue weighted by Crippen LogP contribution is 2.19. The van der Waals surface area contributed by atoms with Gasteiger partial charge in [0.1, 0.15) is 0 Å². The molecule has 0 radical (unpaired) electrons. The van der Waals surface area contributed by atoms with Gasteiger partial charge in [-0.2, -0.15) is 0 Å². The summed E-state index contributed by atoms with van der Waals surface area (Å²) in [5.74, 6) is 2.21. The normalized spacial score (nSPS) is 15.3. The van der Waals surface area contributed by atoms with Crippen molar-refractivity contribution in [2.24, 2.45) is 11.8 Å². The maximum atomic E-state index is 4.16. The Labute approximate surface area is 110 Å². The Balaban J connectivity index is 2.69. The molecule has 0 amide bonds. The zero-order valence-corrected chi connectivity index (χ0v) is 12.5. The summed E-state index contributed by atoms with van der Waals surface area (Å²) in [6.45, 7) is 14.1. The zero-order chi connectivity index (χ0) is 13.7. The summed E-state index contributed by atoms with van der Waals surface area (Å²) in [5, 5.41) is 15.6. The molecule has 1 N–H and O–H groups in total. The maximum absolute atomic E-state index is 4.16. The Kier molecular flexibility index (Phi) is 5.72. The summed E-state index contributed by atoms with van der Waals surface area (Å²) >= 11 is 0. The second-order valence-electron chi connectivity index (χ2n) is 5.98. The van der Waals surface area contributed by atoms with Gasteiger partial charge in [0.15, 0.2) is 5.82 Å². The van der Waals surface area contributed by atoms with Crippen molar-refractivity contribution < 1.29 is 0 Å². The van der Waals surface area contributed by atoms with E-state index in [2.05, 4.69) is 62.4 Å². The number of hydrogen-bond acceptors (Lipinski definition) is 4. The third-order valence-electron chi connectivity index (χ3n) is 2.97. The van der Waals surface area contributed by atoms with Gasteiger partial charge in [-0.1, -0.05) is 27.7 Å². The summed E-state index contributed by atoms with van der Waals surface area (Å²) in [5.41, 5.74) is 0. The molecule has 2 unspecified atom stereocenters. The third-order valence-corrected chi connectivity index (χ3v) is 2.97. The van der Waals surface area contributed by atoms with Crippen LogP contribution in [-0.4, -0.2) is 26.8 Å². The predicted octanol–water partition coefficient (Wildman–Crippen LogP) is 2.59. The molecule has 5 nitrogen and oxygen atoms in total. The first-order valence-electron chi connectivity index (χ1n) is 6.93. The van der Waals surface area contributed by atoms with Crippen LogP contribution in [0.25, 0.3) is 0 Å². The van der Waals surface area contributed by atoms with Crippen LogP contribution in [0.3, 0.4) is 0 Å². The van der Waals surface area contributed by atoms with Crippen LogP contribution in [0.1, 0.15) is 65.9 Å². The van der Waals surface area contributed by atoms with Gasteiger partial charge in [0, 0.05) is 0 Å². The Morgan fingerprint density at radius 2 is 1.72 bits per heavy atom. The van der Waals surface area contributed by atoms with Crippen LogP contribution in [0.2, 0.25) is 0 Å². The molecule has 18 heavy (non-hydrogen) atoms. The van der Waals surface area contributed by atoms with Gasteiger partial charge in [-0.25, -0.2) is 4.68 Å². The highest BCUT2D eigenvalue weighted by atomic mass is 15.6. The number of hydrogen-bond donors (Lipinski definition) is 1. The fourth-order valence-electron chi connectivity index (χ4n) is 2.09. The molecule has 1 aromatic heterocycles. The van der Waals surface area contributed by atoms with E-state index in [1.807, 2.05) is 4.68 Å². The largest absolute Gasteiger partial charge is 0.307 e. The van der Waals surface area contributed by atoms with E-state index in [0.717, 1.165) is 18.8 Å². The molecule has 0 spiro atoms. The molecule has 0 saturated heterocycles. The number of nitrogens with one attached hydrogen (secondary N) is 1. The molecule has 104 valence electrons. The minimum Gasteiger partial charge on any atom is -0.307 e. The van der Waals surface area contributed by atoms with Crippen LogP contribution in [0.15, 0.2) is 0 Å². The van der Waals surface area contributed by atoms with E-state index in [9.17, 15) is 0 Å².